The first kappa shape index (κ1) is 13.9. The zero-order valence-corrected chi connectivity index (χ0v) is 12.4. The van der Waals surface area contributed by atoms with Crippen molar-refractivity contribution in [2.24, 2.45) is 11.7 Å². The summed E-state index contributed by atoms with van der Waals surface area (Å²) in [5.41, 5.74) is 6.45. The second-order valence-electron chi connectivity index (χ2n) is 6.08. The second-order valence-corrected chi connectivity index (χ2v) is 6.08. The van der Waals surface area contributed by atoms with Crippen LogP contribution in [-0.2, 0) is 0 Å². The van der Waals surface area contributed by atoms with Crippen LogP contribution in [0.5, 0.6) is 5.75 Å². The molecule has 0 aromatic heterocycles. The van der Waals surface area contributed by atoms with Crippen LogP contribution in [0.15, 0.2) is 36.4 Å². The molecule has 0 amide bonds. The minimum Gasteiger partial charge on any atom is -0.490 e. The average molecular weight is 282 g/mol. The van der Waals surface area contributed by atoms with E-state index in [1.54, 1.807) is 0 Å². The van der Waals surface area contributed by atoms with Gasteiger partial charge in [-0.15, -0.1) is 0 Å². The van der Waals surface area contributed by atoms with E-state index in [4.69, 9.17) is 15.9 Å². The fraction of sp³-hybridized carbons (Fsp3) is 0.389. The van der Waals surface area contributed by atoms with Crippen LogP contribution in [-0.4, -0.2) is 11.9 Å². The van der Waals surface area contributed by atoms with Gasteiger partial charge in [0.05, 0.1) is 6.10 Å². The van der Waals surface area contributed by atoms with Crippen molar-refractivity contribution in [3.8, 4) is 5.75 Å². The Labute approximate surface area is 125 Å². The molecule has 1 saturated carbocycles. The normalized spacial score (nSPS) is 22.1. The molecule has 2 aromatic carbocycles. The van der Waals surface area contributed by atoms with E-state index in [-0.39, 0.29) is 5.84 Å². The Balaban J connectivity index is 1.96. The molecule has 2 unspecified atom stereocenters. The summed E-state index contributed by atoms with van der Waals surface area (Å²) < 4.78 is 6.26. The molecule has 0 heterocycles. The zero-order chi connectivity index (χ0) is 14.8. The van der Waals surface area contributed by atoms with Gasteiger partial charge in [-0.25, -0.2) is 0 Å². The van der Waals surface area contributed by atoms with Crippen molar-refractivity contribution >= 4 is 16.6 Å². The van der Waals surface area contributed by atoms with Crippen LogP contribution < -0.4 is 10.5 Å². The molecule has 3 nitrogen and oxygen atoms in total. The van der Waals surface area contributed by atoms with Crippen LogP contribution in [0.2, 0.25) is 0 Å². The summed E-state index contributed by atoms with van der Waals surface area (Å²) in [4.78, 5) is 0. The minimum absolute atomic E-state index is 0.101. The molecule has 110 valence electrons. The van der Waals surface area contributed by atoms with Gasteiger partial charge in [-0.2, -0.15) is 0 Å². The van der Waals surface area contributed by atoms with Crippen molar-refractivity contribution in [2.45, 2.75) is 38.7 Å². The van der Waals surface area contributed by atoms with Crippen molar-refractivity contribution in [3.63, 3.8) is 0 Å². The molecule has 21 heavy (non-hydrogen) atoms. The summed E-state index contributed by atoms with van der Waals surface area (Å²) >= 11 is 0. The van der Waals surface area contributed by atoms with Crippen LogP contribution >= 0.6 is 0 Å². The number of rotatable bonds is 3. The Morgan fingerprint density at radius 1 is 1.14 bits per heavy atom. The van der Waals surface area contributed by atoms with Gasteiger partial charge in [-0.3, -0.25) is 5.41 Å². The molecular weight excluding hydrogens is 260 g/mol. The van der Waals surface area contributed by atoms with Crippen molar-refractivity contribution in [1.29, 1.82) is 5.41 Å². The Morgan fingerprint density at radius 3 is 2.62 bits per heavy atom. The van der Waals surface area contributed by atoms with Crippen molar-refractivity contribution in [3.05, 3.63) is 42.0 Å². The number of nitrogen functional groups attached to an aromatic ring is 1. The molecule has 1 aliphatic rings. The van der Waals surface area contributed by atoms with Crippen LogP contribution in [0.25, 0.3) is 10.8 Å². The van der Waals surface area contributed by atoms with Crippen LogP contribution in [0.4, 0.5) is 0 Å². The number of amidine groups is 1. The monoisotopic (exact) mass is 282 g/mol. The second kappa shape index (κ2) is 5.76. The van der Waals surface area contributed by atoms with Gasteiger partial charge in [0.1, 0.15) is 11.6 Å². The smallest absolute Gasteiger partial charge is 0.127 e. The maximum Gasteiger partial charge on any atom is 0.127 e. The third-order valence-corrected chi connectivity index (χ3v) is 4.36. The van der Waals surface area contributed by atoms with Crippen molar-refractivity contribution < 1.29 is 4.74 Å². The third kappa shape index (κ3) is 2.87. The fourth-order valence-electron chi connectivity index (χ4n) is 3.27. The lowest BCUT2D eigenvalue weighted by atomic mass is 9.88. The first-order valence-electron chi connectivity index (χ1n) is 7.68. The van der Waals surface area contributed by atoms with Gasteiger partial charge in [-0.1, -0.05) is 37.6 Å². The lowest BCUT2D eigenvalue weighted by Gasteiger charge is -2.28. The highest BCUT2D eigenvalue weighted by Gasteiger charge is 2.21. The molecule has 0 saturated heterocycles. The Hall–Kier alpha value is -2.03. The number of hydrogen-bond donors (Lipinski definition) is 2. The fourth-order valence-corrected chi connectivity index (χ4v) is 3.27. The maximum atomic E-state index is 7.70. The molecule has 0 spiro atoms. The quantitative estimate of drug-likeness (QED) is 0.658. The molecule has 0 radical (unpaired) electrons. The molecule has 1 fully saturated rings. The van der Waals surface area contributed by atoms with E-state index in [0.29, 0.717) is 6.10 Å². The summed E-state index contributed by atoms with van der Waals surface area (Å²) in [5, 5.41) is 9.74. The zero-order valence-electron chi connectivity index (χ0n) is 12.4. The lowest BCUT2D eigenvalue weighted by molar-refractivity contribution is 0.131. The minimum atomic E-state index is 0.101. The van der Waals surface area contributed by atoms with Gasteiger partial charge in [0.25, 0.3) is 0 Å². The summed E-state index contributed by atoms with van der Waals surface area (Å²) in [7, 11) is 0. The number of fused-ring (bicyclic) bond motifs is 1. The largest absolute Gasteiger partial charge is 0.490 e. The molecule has 3 heteroatoms. The van der Waals surface area contributed by atoms with E-state index in [1.165, 1.54) is 12.8 Å². The third-order valence-electron chi connectivity index (χ3n) is 4.36. The van der Waals surface area contributed by atoms with Gasteiger partial charge >= 0.3 is 0 Å². The van der Waals surface area contributed by atoms with Crippen molar-refractivity contribution in [1.82, 2.24) is 0 Å². The number of ether oxygens (including phenoxy) is 1. The molecule has 3 N–H and O–H groups in total. The molecule has 1 aliphatic carbocycles. The van der Waals surface area contributed by atoms with Crippen molar-refractivity contribution in [2.75, 3.05) is 0 Å². The molecule has 2 atom stereocenters. The maximum absolute atomic E-state index is 7.70. The Bertz CT molecular complexity index is 665. The number of benzene rings is 2. The van der Waals surface area contributed by atoms with E-state index in [1.807, 2.05) is 36.4 Å². The SMILES string of the molecule is CC1CCCC(Oc2ccc(C(=N)N)c3ccccc23)C1. The summed E-state index contributed by atoms with van der Waals surface area (Å²) in [5.74, 6) is 1.75. The number of nitrogens with two attached hydrogens (primary N) is 1. The van der Waals surface area contributed by atoms with Gasteiger partial charge in [0.2, 0.25) is 0 Å². The van der Waals surface area contributed by atoms with E-state index in [0.717, 1.165) is 40.8 Å². The first-order valence-corrected chi connectivity index (χ1v) is 7.68. The van der Waals surface area contributed by atoms with Gasteiger partial charge in [-0.05, 0) is 42.7 Å². The van der Waals surface area contributed by atoms with Crippen LogP contribution in [0, 0.1) is 11.3 Å². The highest BCUT2D eigenvalue weighted by Crippen LogP contribution is 2.32. The molecule has 3 rings (SSSR count). The van der Waals surface area contributed by atoms with Crippen LogP contribution in [0.3, 0.4) is 0 Å². The standard InChI is InChI=1S/C18H22N2O/c1-12-5-4-6-13(11-12)21-17-10-9-16(18(19)20)14-7-2-3-8-15(14)17/h2-3,7-10,12-13H,4-6,11H2,1H3,(H3,19,20). The average Bonchev–Trinajstić information content (AvgIpc) is 2.47. The van der Waals surface area contributed by atoms with E-state index in [9.17, 15) is 0 Å². The summed E-state index contributed by atoms with van der Waals surface area (Å²) in [6.45, 7) is 2.30. The predicted molar refractivity (Wildman–Crippen MR) is 87.0 cm³/mol. The highest BCUT2D eigenvalue weighted by molar-refractivity contribution is 6.09. The Morgan fingerprint density at radius 2 is 1.90 bits per heavy atom. The van der Waals surface area contributed by atoms with Gasteiger partial charge in [0, 0.05) is 10.9 Å². The predicted octanol–water partition coefficient (Wildman–Crippen LogP) is 4.08. The van der Waals surface area contributed by atoms with E-state index in [2.05, 4.69) is 6.92 Å². The highest BCUT2D eigenvalue weighted by atomic mass is 16.5. The van der Waals surface area contributed by atoms with E-state index < -0.39 is 0 Å². The molecule has 0 aliphatic heterocycles. The summed E-state index contributed by atoms with van der Waals surface area (Å²) in [6, 6.07) is 11.9. The summed E-state index contributed by atoms with van der Waals surface area (Å²) in [6.07, 6.45) is 5.12. The number of hydrogen-bond acceptors (Lipinski definition) is 2. The number of nitrogens with one attached hydrogen (secondary N) is 1. The molecule has 2 aromatic rings. The first-order chi connectivity index (χ1) is 10.1. The Kier molecular flexibility index (Phi) is 3.82. The van der Waals surface area contributed by atoms with Crippen LogP contribution in [0.1, 0.15) is 38.2 Å². The van der Waals surface area contributed by atoms with Gasteiger partial charge < -0.3 is 10.5 Å². The lowest BCUT2D eigenvalue weighted by Crippen LogP contribution is -2.24. The van der Waals surface area contributed by atoms with E-state index >= 15 is 0 Å². The topological polar surface area (TPSA) is 59.1 Å². The molecule has 0 bridgehead atoms. The molecular formula is C18H22N2O. The van der Waals surface area contributed by atoms with Gasteiger partial charge in [0.15, 0.2) is 0 Å².